The molecule has 1 aliphatic carbocycles. The molecular formula is C16H22N4. The smallest absolute Gasteiger partial charge is 0.181 e. The molecule has 0 saturated heterocycles. The molecule has 2 aromatic rings. The van der Waals surface area contributed by atoms with E-state index in [1.54, 1.807) is 0 Å². The molecule has 2 N–H and O–H groups in total. The number of nitrogens with zero attached hydrogens (tertiary/aromatic N) is 3. The van der Waals surface area contributed by atoms with Gasteiger partial charge in [0.05, 0.1) is 6.04 Å². The predicted molar refractivity (Wildman–Crippen MR) is 81.2 cm³/mol. The van der Waals surface area contributed by atoms with Crippen molar-refractivity contribution in [2.24, 2.45) is 5.92 Å². The molecule has 0 bridgehead atoms. The topological polar surface area (TPSA) is 56.7 Å². The maximum atomic E-state index is 5.71. The molecule has 1 aromatic heterocycles. The van der Waals surface area contributed by atoms with E-state index in [9.17, 15) is 0 Å². The van der Waals surface area contributed by atoms with Crippen LogP contribution in [0.5, 0.6) is 0 Å². The van der Waals surface area contributed by atoms with Crippen LogP contribution in [0.4, 0.5) is 5.69 Å². The number of nitrogen functional groups attached to an aromatic ring is 1. The van der Waals surface area contributed by atoms with E-state index in [1.165, 1.54) is 32.1 Å². The van der Waals surface area contributed by atoms with Gasteiger partial charge in [0.15, 0.2) is 5.82 Å². The highest BCUT2D eigenvalue weighted by Crippen LogP contribution is 2.33. The van der Waals surface area contributed by atoms with Crippen molar-refractivity contribution >= 4 is 5.69 Å². The molecule has 0 aliphatic heterocycles. The highest BCUT2D eigenvalue weighted by Gasteiger charge is 2.22. The Morgan fingerprint density at radius 1 is 1.15 bits per heavy atom. The third-order valence-electron chi connectivity index (χ3n) is 4.45. The van der Waals surface area contributed by atoms with Crippen molar-refractivity contribution in [3.8, 4) is 11.4 Å². The van der Waals surface area contributed by atoms with E-state index in [0.29, 0.717) is 6.04 Å². The van der Waals surface area contributed by atoms with Crippen LogP contribution in [-0.2, 0) is 0 Å². The van der Waals surface area contributed by atoms with Crippen molar-refractivity contribution in [2.75, 3.05) is 5.73 Å². The number of anilines is 1. The Bertz CT molecular complexity index is 550. The zero-order valence-electron chi connectivity index (χ0n) is 12.0. The van der Waals surface area contributed by atoms with Crippen LogP contribution in [0.1, 0.15) is 45.1 Å². The maximum absolute atomic E-state index is 5.71. The van der Waals surface area contributed by atoms with Gasteiger partial charge >= 0.3 is 0 Å². The van der Waals surface area contributed by atoms with E-state index < -0.39 is 0 Å². The van der Waals surface area contributed by atoms with Crippen LogP contribution in [0.3, 0.4) is 0 Å². The number of benzene rings is 1. The summed E-state index contributed by atoms with van der Waals surface area (Å²) in [7, 11) is 0. The monoisotopic (exact) mass is 270 g/mol. The van der Waals surface area contributed by atoms with E-state index in [4.69, 9.17) is 5.73 Å². The molecule has 3 rings (SSSR count). The van der Waals surface area contributed by atoms with Crippen molar-refractivity contribution < 1.29 is 0 Å². The number of rotatable bonds is 3. The summed E-state index contributed by atoms with van der Waals surface area (Å²) in [5.41, 5.74) is 7.50. The zero-order valence-corrected chi connectivity index (χ0v) is 12.0. The van der Waals surface area contributed by atoms with Crippen LogP contribution in [0, 0.1) is 5.92 Å². The fourth-order valence-electron chi connectivity index (χ4n) is 3.03. The van der Waals surface area contributed by atoms with Crippen LogP contribution < -0.4 is 5.73 Å². The minimum Gasteiger partial charge on any atom is -0.399 e. The maximum Gasteiger partial charge on any atom is 0.181 e. The first-order valence-electron chi connectivity index (χ1n) is 7.53. The van der Waals surface area contributed by atoms with E-state index in [0.717, 1.165) is 23.0 Å². The van der Waals surface area contributed by atoms with Gasteiger partial charge in [-0.15, -0.1) is 0 Å². The molecule has 0 unspecified atom stereocenters. The lowest BCUT2D eigenvalue weighted by Crippen LogP contribution is -2.18. The Labute approximate surface area is 120 Å². The van der Waals surface area contributed by atoms with Crippen LogP contribution in [0.15, 0.2) is 30.6 Å². The molecule has 1 aliphatic rings. The second-order valence-electron chi connectivity index (χ2n) is 5.75. The van der Waals surface area contributed by atoms with Crippen molar-refractivity contribution in [3.05, 3.63) is 30.6 Å². The molecular weight excluding hydrogens is 248 g/mol. The zero-order chi connectivity index (χ0) is 13.9. The van der Waals surface area contributed by atoms with Crippen LogP contribution in [-0.4, -0.2) is 14.8 Å². The first-order valence-corrected chi connectivity index (χ1v) is 7.53. The first-order chi connectivity index (χ1) is 9.76. The Kier molecular flexibility index (Phi) is 3.72. The lowest BCUT2D eigenvalue weighted by Gasteiger charge is -2.27. The molecule has 4 nitrogen and oxygen atoms in total. The fourth-order valence-corrected chi connectivity index (χ4v) is 3.03. The van der Waals surface area contributed by atoms with E-state index in [-0.39, 0.29) is 0 Å². The number of hydrogen-bond acceptors (Lipinski definition) is 3. The van der Waals surface area contributed by atoms with Gasteiger partial charge in [-0.1, -0.05) is 13.3 Å². The summed E-state index contributed by atoms with van der Waals surface area (Å²) >= 11 is 0. The molecule has 1 saturated carbocycles. The average molecular weight is 270 g/mol. The fraction of sp³-hybridized carbons (Fsp3) is 0.500. The summed E-state index contributed by atoms with van der Waals surface area (Å²) < 4.78 is 2.05. The second kappa shape index (κ2) is 5.65. The van der Waals surface area contributed by atoms with Crippen molar-refractivity contribution in [3.63, 3.8) is 0 Å². The Hall–Kier alpha value is -1.84. The summed E-state index contributed by atoms with van der Waals surface area (Å²) in [4.78, 5) is 4.44. The molecule has 4 heteroatoms. The third-order valence-corrected chi connectivity index (χ3v) is 4.45. The van der Waals surface area contributed by atoms with Gasteiger partial charge in [-0.25, -0.2) is 9.67 Å². The van der Waals surface area contributed by atoms with E-state index in [1.807, 2.05) is 30.6 Å². The first kappa shape index (κ1) is 13.2. The highest BCUT2D eigenvalue weighted by molar-refractivity contribution is 5.57. The lowest BCUT2D eigenvalue weighted by molar-refractivity contribution is 0.256. The molecule has 20 heavy (non-hydrogen) atoms. The average Bonchev–Trinajstić information content (AvgIpc) is 2.98. The second-order valence-corrected chi connectivity index (χ2v) is 5.75. The standard InChI is InChI=1S/C16H22N4/c1-2-12-3-9-15(10-4-12)20-11-18-16(19-20)13-5-7-14(17)8-6-13/h5-8,11-12,15H,2-4,9-10,17H2,1H3. The normalized spacial score (nSPS) is 22.9. The Balaban J connectivity index is 1.72. The van der Waals surface area contributed by atoms with Crippen molar-refractivity contribution in [1.29, 1.82) is 0 Å². The lowest BCUT2D eigenvalue weighted by atomic mass is 9.85. The molecule has 0 amide bonds. The Morgan fingerprint density at radius 3 is 2.50 bits per heavy atom. The van der Waals surface area contributed by atoms with Crippen LogP contribution in [0.2, 0.25) is 0 Å². The molecule has 1 heterocycles. The summed E-state index contributed by atoms with van der Waals surface area (Å²) in [6, 6.07) is 8.25. The highest BCUT2D eigenvalue weighted by atomic mass is 15.3. The van der Waals surface area contributed by atoms with Gasteiger partial charge in [0.1, 0.15) is 6.33 Å². The Morgan fingerprint density at radius 2 is 1.85 bits per heavy atom. The minimum absolute atomic E-state index is 0.521. The van der Waals surface area contributed by atoms with Gasteiger partial charge in [0.25, 0.3) is 0 Å². The van der Waals surface area contributed by atoms with Crippen molar-refractivity contribution in [2.45, 2.75) is 45.1 Å². The van der Waals surface area contributed by atoms with Gasteiger partial charge in [-0.3, -0.25) is 0 Å². The van der Waals surface area contributed by atoms with Gasteiger partial charge < -0.3 is 5.73 Å². The summed E-state index contributed by atoms with van der Waals surface area (Å²) in [6.45, 7) is 2.29. The van der Waals surface area contributed by atoms with Gasteiger partial charge in [-0.05, 0) is 55.9 Å². The number of aromatic nitrogens is 3. The molecule has 1 aromatic carbocycles. The third kappa shape index (κ3) is 2.69. The summed E-state index contributed by atoms with van der Waals surface area (Å²) in [5.74, 6) is 1.70. The summed E-state index contributed by atoms with van der Waals surface area (Å²) in [5, 5.41) is 4.65. The largest absolute Gasteiger partial charge is 0.399 e. The van der Waals surface area contributed by atoms with Crippen LogP contribution in [0.25, 0.3) is 11.4 Å². The SMILES string of the molecule is CCC1CCC(n2cnc(-c3ccc(N)cc3)n2)CC1. The summed E-state index contributed by atoms with van der Waals surface area (Å²) in [6.07, 6.45) is 8.27. The van der Waals surface area contributed by atoms with Crippen LogP contribution >= 0.6 is 0 Å². The van der Waals surface area contributed by atoms with Gasteiger partial charge in [0, 0.05) is 11.3 Å². The minimum atomic E-state index is 0.521. The van der Waals surface area contributed by atoms with E-state index in [2.05, 4.69) is 21.7 Å². The molecule has 1 fully saturated rings. The van der Waals surface area contributed by atoms with Gasteiger partial charge in [-0.2, -0.15) is 5.10 Å². The van der Waals surface area contributed by atoms with Crippen molar-refractivity contribution in [1.82, 2.24) is 14.8 Å². The quantitative estimate of drug-likeness (QED) is 0.866. The molecule has 106 valence electrons. The molecule has 0 radical (unpaired) electrons. The van der Waals surface area contributed by atoms with E-state index >= 15 is 0 Å². The van der Waals surface area contributed by atoms with Gasteiger partial charge in [0.2, 0.25) is 0 Å². The number of hydrogen-bond donors (Lipinski definition) is 1. The predicted octanol–water partition coefficient (Wildman–Crippen LogP) is 3.67. The molecule has 0 atom stereocenters. The molecule has 0 spiro atoms. The number of nitrogens with two attached hydrogens (primary N) is 1.